The Balaban J connectivity index is 1.46. The van der Waals surface area contributed by atoms with E-state index in [2.05, 4.69) is 30.5 Å². The van der Waals surface area contributed by atoms with E-state index in [0.29, 0.717) is 23.7 Å². The predicted molar refractivity (Wildman–Crippen MR) is 114 cm³/mol. The first-order valence-electron chi connectivity index (χ1n) is 9.91. The minimum Gasteiger partial charge on any atom is -0.365 e. The molecule has 7 nitrogen and oxygen atoms in total. The molecule has 0 aliphatic carbocycles. The van der Waals surface area contributed by atoms with Crippen LogP contribution < -0.4 is 15.5 Å². The molecule has 1 amide bonds. The number of hydrogen-bond acceptors (Lipinski definition) is 6. The van der Waals surface area contributed by atoms with Gasteiger partial charge in [0.2, 0.25) is 0 Å². The number of carbonyl (C=O) groups is 1. The summed E-state index contributed by atoms with van der Waals surface area (Å²) < 4.78 is 0. The van der Waals surface area contributed by atoms with Crippen molar-refractivity contribution in [3.8, 4) is 0 Å². The van der Waals surface area contributed by atoms with E-state index in [1.807, 2.05) is 30.3 Å². The Hall–Kier alpha value is -3.48. The smallest absolute Gasteiger partial charge is 0.260 e. The largest absolute Gasteiger partial charge is 0.365 e. The molecule has 0 aromatic carbocycles. The van der Waals surface area contributed by atoms with Gasteiger partial charge in [-0.2, -0.15) is 0 Å². The van der Waals surface area contributed by atoms with Crippen LogP contribution in [0.5, 0.6) is 0 Å². The minimum absolute atomic E-state index is 0.237. The summed E-state index contributed by atoms with van der Waals surface area (Å²) in [5.74, 6) is 1.75. The average Bonchev–Trinajstić information content (AvgIpc) is 2.79. The van der Waals surface area contributed by atoms with Gasteiger partial charge in [0.1, 0.15) is 17.5 Å². The molecule has 0 bridgehead atoms. The second-order valence-electron chi connectivity index (χ2n) is 6.99. The van der Waals surface area contributed by atoms with Crippen molar-refractivity contribution in [3.05, 3.63) is 72.2 Å². The molecule has 0 atom stereocenters. The van der Waals surface area contributed by atoms with Gasteiger partial charge in [-0.15, -0.1) is 0 Å². The van der Waals surface area contributed by atoms with Gasteiger partial charge in [0, 0.05) is 38.2 Å². The van der Waals surface area contributed by atoms with Crippen LogP contribution in [-0.4, -0.2) is 33.9 Å². The van der Waals surface area contributed by atoms with Crippen LogP contribution in [0.25, 0.3) is 0 Å². The maximum absolute atomic E-state index is 12.9. The zero-order valence-corrected chi connectivity index (χ0v) is 16.2. The molecule has 0 radical (unpaired) electrons. The van der Waals surface area contributed by atoms with Crippen molar-refractivity contribution in [2.24, 2.45) is 0 Å². The Morgan fingerprint density at radius 2 is 1.79 bits per heavy atom. The van der Waals surface area contributed by atoms with E-state index in [1.165, 1.54) is 19.3 Å². The van der Waals surface area contributed by atoms with Crippen LogP contribution in [-0.2, 0) is 6.54 Å². The van der Waals surface area contributed by atoms with E-state index in [1.54, 1.807) is 30.7 Å². The van der Waals surface area contributed by atoms with Crippen molar-refractivity contribution in [2.45, 2.75) is 25.8 Å². The topological polar surface area (TPSA) is 83.0 Å². The van der Waals surface area contributed by atoms with Gasteiger partial charge in [-0.3, -0.25) is 9.78 Å². The third-order valence-electron chi connectivity index (χ3n) is 4.92. The number of hydrogen-bond donors (Lipinski definition) is 2. The van der Waals surface area contributed by atoms with Crippen LogP contribution in [0.4, 0.5) is 17.5 Å². The number of piperidine rings is 1. The number of nitrogens with zero attached hydrogens (tertiary/aromatic N) is 4. The fourth-order valence-corrected chi connectivity index (χ4v) is 3.39. The van der Waals surface area contributed by atoms with Gasteiger partial charge in [0.15, 0.2) is 0 Å². The summed E-state index contributed by atoms with van der Waals surface area (Å²) in [5, 5.41) is 6.14. The van der Waals surface area contributed by atoms with E-state index < -0.39 is 0 Å². The van der Waals surface area contributed by atoms with Crippen molar-refractivity contribution in [1.29, 1.82) is 0 Å². The number of pyridine rings is 3. The highest BCUT2D eigenvalue weighted by atomic mass is 16.1. The molecule has 2 N–H and O–H groups in total. The monoisotopic (exact) mass is 388 g/mol. The van der Waals surface area contributed by atoms with Crippen LogP contribution >= 0.6 is 0 Å². The highest BCUT2D eigenvalue weighted by molar-refractivity contribution is 6.07. The lowest BCUT2D eigenvalue weighted by molar-refractivity contribution is 0.102. The zero-order valence-electron chi connectivity index (χ0n) is 16.2. The number of carbonyl (C=O) groups excluding carboxylic acids is 1. The van der Waals surface area contributed by atoms with Gasteiger partial charge in [-0.1, -0.05) is 6.07 Å². The predicted octanol–water partition coefficient (Wildman–Crippen LogP) is 3.73. The van der Waals surface area contributed by atoms with Crippen LogP contribution in [0.2, 0.25) is 0 Å². The molecule has 0 saturated carbocycles. The Kier molecular flexibility index (Phi) is 5.95. The molecular weight excluding hydrogens is 364 g/mol. The van der Waals surface area contributed by atoms with Gasteiger partial charge in [0.05, 0.1) is 5.56 Å². The van der Waals surface area contributed by atoms with Gasteiger partial charge < -0.3 is 15.5 Å². The second-order valence-corrected chi connectivity index (χ2v) is 6.99. The molecule has 29 heavy (non-hydrogen) atoms. The molecular formula is C22H24N6O. The lowest BCUT2D eigenvalue weighted by Crippen LogP contribution is -2.30. The minimum atomic E-state index is -0.237. The van der Waals surface area contributed by atoms with Crippen molar-refractivity contribution >= 4 is 23.4 Å². The molecule has 1 aliphatic heterocycles. The second kappa shape index (κ2) is 9.14. The van der Waals surface area contributed by atoms with Crippen molar-refractivity contribution in [2.75, 3.05) is 28.6 Å². The first-order valence-corrected chi connectivity index (χ1v) is 9.91. The number of aromatic nitrogens is 3. The average molecular weight is 388 g/mol. The number of nitrogens with one attached hydrogen (secondary N) is 2. The Morgan fingerprint density at radius 1 is 0.966 bits per heavy atom. The molecule has 7 heteroatoms. The van der Waals surface area contributed by atoms with Gasteiger partial charge in [0.25, 0.3) is 5.91 Å². The molecule has 1 aliphatic rings. The standard InChI is InChI=1S/C22H24N6O/c29-22(27-19-7-4-8-20(26-19)28-14-2-1-3-15-28)18-6-5-11-24-21(18)25-16-17-9-12-23-13-10-17/h4-13H,1-3,14-16H2,(H,24,25)(H,26,27,29). The molecule has 1 fully saturated rings. The maximum atomic E-state index is 12.9. The SMILES string of the molecule is O=C(Nc1cccc(N2CCCCC2)n1)c1cccnc1NCc1ccncc1. The third kappa shape index (κ3) is 4.87. The molecule has 0 unspecified atom stereocenters. The van der Waals surface area contributed by atoms with Gasteiger partial charge in [-0.05, 0) is 61.2 Å². The Morgan fingerprint density at radius 3 is 2.62 bits per heavy atom. The number of amides is 1. The van der Waals surface area contributed by atoms with E-state index in [-0.39, 0.29) is 5.91 Å². The molecule has 3 aromatic rings. The molecule has 3 aromatic heterocycles. The molecule has 4 rings (SSSR count). The number of anilines is 3. The van der Waals surface area contributed by atoms with Crippen LogP contribution in [0.1, 0.15) is 35.2 Å². The van der Waals surface area contributed by atoms with E-state index >= 15 is 0 Å². The maximum Gasteiger partial charge on any atom is 0.260 e. The summed E-state index contributed by atoms with van der Waals surface area (Å²) in [7, 11) is 0. The lowest BCUT2D eigenvalue weighted by atomic mass is 10.1. The van der Waals surface area contributed by atoms with E-state index in [4.69, 9.17) is 0 Å². The first-order chi connectivity index (χ1) is 14.3. The first kappa shape index (κ1) is 18.9. The lowest BCUT2D eigenvalue weighted by Gasteiger charge is -2.27. The summed E-state index contributed by atoms with van der Waals surface area (Å²) in [5.41, 5.74) is 1.54. The molecule has 1 saturated heterocycles. The highest BCUT2D eigenvalue weighted by Crippen LogP contribution is 2.20. The highest BCUT2D eigenvalue weighted by Gasteiger charge is 2.15. The van der Waals surface area contributed by atoms with Crippen LogP contribution in [0.15, 0.2) is 61.1 Å². The zero-order chi connectivity index (χ0) is 19.9. The quantitative estimate of drug-likeness (QED) is 0.670. The Bertz CT molecular complexity index is 956. The van der Waals surface area contributed by atoms with Crippen molar-refractivity contribution in [3.63, 3.8) is 0 Å². The number of rotatable bonds is 6. The van der Waals surface area contributed by atoms with Crippen molar-refractivity contribution < 1.29 is 4.79 Å². The van der Waals surface area contributed by atoms with E-state index in [0.717, 1.165) is 24.5 Å². The summed E-state index contributed by atoms with van der Waals surface area (Å²) in [6.07, 6.45) is 8.78. The van der Waals surface area contributed by atoms with Gasteiger partial charge in [-0.25, -0.2) is 9.97 Å². The van der Waals surface area contributed by atoms with Crippen LogP contribution in [0.3, 0.4) is 0 Å². The van der Waals surface area contributed by atoms with E-state index in [9.17, 15) is 4.79 Å². The summed E-state index contributed by atoms with van der Waals surface area (Å²) >= 11 is 0. The third-order valence-corrected chi connectivity index (χ3v) is 4.92. The molecule has 4 heterocycles. The molecule has 148 valence electrons. The fourth-order valence-electron chi connectivity index (χ4n) is 3.39. The van der Waals surface area contributed by atoms with Crippen LogP contribution in [0, 0.1) is 0 Å². The Labute approximate surface area is 170 Å². The van der Waals surface area contributed by atoms with Crippen molar-refractivity contribution in [1.82, 2.24) is 15.0 Å². The summed E-state index contributed by atoms with van der Waals surface area (Å²) in [6, 6.07) is 13.1. The molecule has 0 spiro atoms. The normalized spacial score (nSPS) is 13.7. The van der Waals surface area contributed by atoms with Gasteiger partial charge >= 0.3 is 0 Å². The fraction of sp³-hybridized carbons (Fsp3) is 0.273. The summed E-state index contributed by atoms with van der Waals surface area (Å²) in [4.78, 5) is 28.1. The summed E-state index contributed by atoms with van der Waals surface area (Å²) in [6.45, 7) is 2.58.